The molecule has 0 aliphatic rings. The molecule has 1 aromatic carbocycles. The summed E-state index contributed by atoms with van der Waals surface area (Å²) in [4.78, 5) is 0. The maximum atomic E-state index is 6.15. The van der Waals surface area contributed by atoms with Crippen LogP contribution in [0.4, 0.5) is 0 Å². The summed E-state index contributed by atoms with van der Waals surface area (Å²) in [6, 6.07) is 5.73. The van der Waals surface area contributed by atoms with Crippen molar-refractivity contribution in [2.45, 2.75) is 6.54 Å². The summed E-state index contributed by atoms with van der Waals surface area (Å²) in [7, 11) is 0. The summed E-state index contributed by atoms with van der Waals surface area (Å²) in [5, 5.41) is 1.27. The first-order valence-corrected chi connectivity index (χ1v) is 6.85. The molecule has 1 aromatic heterocycles. The van der Waals surface area contributed by atoms with Gasteiger partial charge < -0.3 is 12.4 Å². The number of aromatic nitrogens is 1. The van der Waals surface area contributed by atoms with Crippen LogP contribution in [0.5, 0.6) is 0 Å². The van der Waals surface area contributed by atoms with E-state index in [1.54, 1.807) is 0 Å². The van der Waals surface area contributed by atoms with Crippen LogP contribution in [0.15, 0.2) is 30.6 Å². The molecule has 0 aliphatic carbocycles. The highest BCUT2D eigenvalue weighted by atomic mass is 35.5. The average molecular weight is 378 g/mol. The molecule has 7 heteroatoms. The maximum absolute atomic E-state index is 6.15. The lowest BCUT2D eigenvalue weighted by Gasteiger charge is -2.10. The Bertz CT molecular complexity index is 556. The Labute approximate surface area is 142 Å². The van der Waals surface area contributed by atoms with Crippen LogP contribution < -0.4 is 17.0 Å². The minimum Gasteiger partial charge on any atom is -1.00 e. The van der Waals surface area contributed by atoms with Gasteiger partial charge in [0.15, 0.2) is 18.9 Å². The van der Waals surface area contributed by atoms with Crippen molar-refractivity contribution < 1.29 is 17.0 Å². The Hall–Kier alpha value is 0.110. The molecule has 19 heavy (non-hydrogen) atoms. The Balaban J connectivity index is 0.00000180. The number of hydrogen-bond donors (Lipinski definition) is 0. The summed E-state index contributed by atoms with van der Waals surface area (Å²) in [6.45, 7) is 0.467. The van der Waals surface area contributed by atoms with Gasteiger partial charge in [-0.25, -0.2) is 4.57 Å². The summed E-state index contributed by atoms with van der Waals surface area (Å²) in [5.41, 5.74) is 0.647. The van der Waals surface area contributed by atoms with Gasteiger partial charge in [0.1, 0.15) is 0 Å². The SMILES string of the molecule is Clc1c(Cl)c(Cl)c(C[n+]2ccccc2)c(Cl)c1Cl.[Cl-]. The molecule has 0 fully saturated rings. The lowest BCUT2D eigenvalue weighted by atomic mass is 10.2. The van der Waals surface area contributed by atoms with Gasteiger partial charge in [0.2, 0.25) is 0 Å². The second-order valence-corrected chi connectivity index (χ2v) is 5.49. The third-order valence-electron chi connectivity index (χ3n) is 2.42. The number of benzene rings is 1. The van der Waals surface area contributed by atoms with Gasteiger partial charge in [0.25, 0.3) is 0 Å². The largest absolute Gasteiger partial charge is 1.00 e. The predicted octanol–water partition coefficient (Wildman–Crippen LogP) is 2.29. The van der Waals surface area contributed by atoms with E-state index in [2.05, 4.69) is 0 Å². The number of halogens is 6. The first kappa shape index (κ1) is 17.2. The Kier molecular flexibility index (Phi) is 6.52. The van der Waals surface area contributed by atoms with Crippen LogP contribution in [0.1, 0.15) is 5.56 Å². The highest BCUT2D eigenvalue weighted by molar-refractivity contribution is 6.55. The van der Waals surface area contributed by atoms with Gasteiger partial charge in [0, 0.05) is 12.1 Å². The molecule has 0 amide bonds. The molecule has 102 valence electrons. The molecule has 2 rings (SSSR count). The number of hydrogen-bond acceptors (Lipinski definition) is 0. The van der Waals surface area contributed by atoms with Gasteiger partial charge in [-0.1, -0.05) is 64.1 Å². The number of rotatable bonds is 2. The summed E-state index contributed by atoms with van der Waals surface area (Å²) in [5.74, 6) is 0. The molecule has 0 bridgehead atoms. The fourth-order valence-electron chi connectivity index (χ4n) is 1.51. The Morgan fingerprint density at radius 2 is 1.11 bits per heavy atom. The average Bonchev–Trinajstić information content (AvgIpc) is 2.40. The lowest BCUT2D eigenvalue weighted by Crippen LogP contribution is -3.00. The third-order valence-corrected chi connectivity index (χ3v) is 4.77. The Morgan fingerprint density at radius 1 is 0.684 bits per heavy atom. The maximum Gasteiger partial charge on any atom is 0.176 e. The molecule has 0 N–H and O–H groups in total. The molecule has 0 saturated heterocycles. The van der Waals surface area contributed by atoms with E-state index in [1.165, 1.54) is 0 Å². The molecule has 1 heterocycles. The zero-order valence-electron chi connectivity index (χ0n) is 9.31. The van der Waals surface area contributed by atoms with Crippen molar-refractivity contribution in [2.75, 3.05) is 0 Å². The fourth-order valence-corrected chi connectivity index (χ4v) is 2.81. The summed E-state index contributed by atoms with van der Waals surface area (Å²) < 4.78 is 1.91. The highest BCUT2D eigenvalue weighted by Crippen LogP contribution is 2.43. The van der Waals surface area contributed by atoms with Crippen molar-refractivity contribution in [2.24, 2.45) is 0 Å². The molecule has 0 aliphatic heterocycles. The van der Waals surface area contributed by atoms with Crippen molar-refractivity contribution in [1.29, 1.82) is 0 Å². The minimum atomic E-state index is 0. The van der Waals surface area contributed by atoms with E-state index in [0.29, 0.717) is 22.2 Å². The van der Waals surface area contributed by atoms with E-state index in [-0.39, 0.29) is 27.5 Å². The van der Waals surface area contributed by atoms with Gasteiger partial charge in [-0.2, -0.15) is 0 Å². The predicted molar refractivity (Wildman–Crippen MR) is 77.2 cm³/mol. The monoisotopic (exact) mass is 375 g/mol. The van der Waals surface area contributed by atoms with E-state index in [1.807, 2.05) is 35.2 Å². The van der Waals surface area contributed by atoms with Crippen LogP contribution in [-0.4, -0.2) is 0 Å². The van der Waals surface area contributed by atoms with Gasteiger partial charge in [0.05, 0.1) is 30.7 Å². The van der Waals surface area contributed by atoms with Crippen molar-refractivity contribution in [3.05, 3.63) is 61.3 Å². The molecule has 0 spiro atoms. The van der Waals surface area contributed by atoms with Crippen LogP contribution in [0.3, 0.4) is 0 Å². The van der Waals surface area contributed by atoms with Crippen LogP contribution in [0.2, 0.25) is 25.1 Å². The second-order valence-electron chi connectivity index (χ2n) is 3.60. The zero-order chi connectivity index (χ0) is 13.3. The molecule has 2 aromatic rings. The molecule has 0 atom stereocenters. The van der Waals surface area contributed by atoms with Crippen LogP contribution in [-0.2, 0) is 6.54 Å². The zero-order valence-corrected chi connectivity index (χ0v) is 13.8. The molecular formula is C12H7Cl6N. The van der Waals surface area contributed by atoms with E-state index in [0.717, 1.165) is 0 Å². The molecule has 0 radical (unpaired) electrons. The summed E-state index contributed by atoms with van der Waals surface area (Å²) >= 11 is 30.2. The highest BCUT2D eigenvalue weighted by Gasteiger charge is 2.21. The van der Waals surface area contributed by atoms with E-state index < -0.39 is 0 Å². The number of nitrogens with zero attached hydrogens (tertiary/aromatic N) is 1. The smallest absolute Gasteiger partial charge is 0.176 e. The van der Waals surface area contributed by atoms with Crippen LogP contribution in [0.25, 0.3) is 0 Å². The number of pyridine rings is 1. The fraction of sp³-hybridized carbons (Fsp3) is 0.0833. The van der Waals surface area contributed by atoms with Gasteiger partial charge >= 0.3 is 0 Å². The topological polar surface area (TPSA) is 3.88 Å². The lowest BCUT2D eigenvalue weighted by molar-refractivity contribution is -0.688. The van der Waals surface area contributed by atoms with Crippen molar-refractivity contribution in [1.82, 2.24) is 0 Å². The first-order valence-electron chi connectivity index (χ1n) is 4.96. The second kappa shape index (κ2) is 7.21. The van der Waals surface area contributed by atoms with Crippen molar-refractivity contribution >= 4 is 58.0 Å². The van der Waals surface area contributed by atoms with E-state index in [9.17, 15) is 0 Å². The van der Waals surface area contributed by atoms with E-state index >= 15 is 0 Å². The molecule has 0 unspecified atom stereocenters. The quantitative estimate of drug-likeness (QED) is 0.429. The summed E-state index contributed by atoms with van der Waals surface area (Å²) in [6.07, 6.45) is 3.78. The van der Waals surface area contributed by atoms with Gasteiger partial charge in [-0.3, -0.25) is 0 Å². The van der Waals surface area contributed by atoms with Gasteiger partial charge in [-0.15, -0.1) is 0 Å². The van der Waals surface area contributed by atoms with Crippen LogP contribution in [0, 0.1) is 0 Å². The normalized spacial score (nSPS) is 10.2. The third kappa shape index (κ3) is 3.60. The molecule has 1 nitrogen and oxygen atoms in total. The van der Waals surface area contributed by atoms with Crippen LogP contribution >= 0.6 is 58.0 Å². The van der Waals surface area contributed by atoms with Crippen molar-refractivity contribution in [3.63, 3.8) is 0 Å². The molecule has 0 saturated carbocycles. The standard InChI is InChI=1S/C12H7Cl5N.ClH/c13-8-7(6-18-4-2-1-3-5-18)9(14)11(16)12(17)10(8)15;/h1-5H,6H2;1H/q+1;/p-1. The first-order chi connectivity index (χ1) is 8.52. The minimum absolute atomic E-state index is 0. The van der Waals surface area contributed by atoms with E-state index in [4.69, 9.17) is 58.0 Å². The Morgan fingerprint density at radius 3 is 1.58 bits per heavy atom. The van der Waals surface area contributed by atoms with Gasteiger partial charge in [-0.05, 0) is 0 Å². The molecular weight excluding hydrogens is 371 g/mol. The van der Waals surface area contributed by atoms with Crippen molar-refractivity contribution in [3.8, 4) is 0 Å².